The quantitative estimate of drug-likeness (QED) is 0.311. The molecular weight excluding hydrogens is 406 g/mol. The van der Waals surface area contributed by atoms with E-state index >= 15 is 0 Å². The number of benzene rings is 1. The van der Waals surface area contributed by atoms with Crippen molar-refractivity contribution >= 4 is 41.8 Å². The SMILES string of the molecule is C=Nc1cc(-c2cccnc2)cc(-c2ncccc2Cl)c1SCNC(=O)NCC. The monoisotopic (exact) mass is 425 g/mol. The highest BCUT2D eigenvalue weighted by atomic mass is 35.5. The second-order valence-corrected chi connectivity index (χ2v) is 7.32. The number of halogens is 1. The Hall–Kier alpha value is -2.90. The third-order valence-electron chi connectivity index (χ3n) is 4.03. The highest BCUT2D eigenvalue weighted by Gasteiger charge is 2.17. The molecule has 0 radical (unpaired) electrons. The first-order chi connectivity index (χ1) is 14.1. The number of aliphatic imine (C=N–C) groups is 1. The first-order valence-electron chi connectivity index (χ1n) is 8.94. The van der Waals surface area contributed by atoms with Crippen LogP contribution in [-0.2, 0) is 0 Å². The van der Waals surface area contributed by atoms with Gasteiger partial charge in [0, 0.05) is 41.2 Å². The molecule has 0 aliphatic heterocycles. The summed E-state index contributed by atoms with van der Waals surface area (Å²) in [7, 11) is 0. The van der Waals surface area contributed by atoms with E-state index in [4.69, 9.17) is 11.6 Å². The zero-order valence-electron chi connectivity index (χ0n) is 15.9. The van der Waals surface area contributed by atoms with E-state index in [1.807, 2.05) is 31.2 Å². The minimum Gasteiger partial charge on any atom is -0.338 e. The molecule has 0 atom stereocenters. The van der Waals surface area contributed by atoms with Crippen LogP contribution in [0.2, 0.25) is 5.02 Å². The van der Waals surface area contributed by atoms with E-state index in [1.54, 1.807) is 30.7 Å². The molecule has 2 heterocycles. The minimum atomic E-state index is -0.225. The molecule has 2 aromatic heterocycles. The van der Waals surface area contributed by atoms with Gasteiger partial charge in [-0.2, -0.15) is 0 Å². The fourth-order valence-electron chi connectivity index (χ4n) is 2.74. The lowest BCUT2D eigenvalue weighted by atomic mass is 10.0. The Kier molecular flexibility index (Phi) is 7.21. The van der Waals surface area contributed by atoms with E-state index in [9.17, 15) is 4.79 Å². The molecule has 148 valence electrons. The van der Waals surface area contributed by atoms with Crippen LogP contribution in [0, 0.1) is 0 Å². The smallest absolute Gasteiger partial charge is 0.315 e. The molecule has 0 saturated carbocycles. The zero-order chi connectivity index (χ0) is 20.6. The summed E-state index contributed by atoms with van der Waals surface area (Å²) >= 11 is 7.88. The maximum Gasteiger partial charge on any atom is 0.315 e. The van der Waals surface area contributed by atoms with Gasteiger partial charge in [0.1, 0.15) is 0 Å². The van der Waals surface area contributed by atoms with Crippen LogP contribution >= 0.6 is 23.4 Å². The lowest BCUT2D eigenvalue weighted by Gasteiger charge is -2.16. The minimum absolute atomic E-state index is 0.225. The zero-order valence-corrected chi connectivity index (χ0v) is 17.4. The van der Waals surface area contributed by atoms with Gasteiger partial charge in [-0.15, -0.1) is 11.8 Å². The molecule has 8 heteroatoms. The van der Waals surface area contributed by atoms with Gasteiger partial charge in [-0.25, -0.2) is 4.79 Å². The van der Waals surface area contributed by atoms with Crippen LogP contribution in [0.4, 0.5) is 10.5 Å². The predicted molar refractivity (Wildman–Crippen MR) is 120 cm³/mol. The Balaban J connectivity index is 2.06. The molecular formula is C21H20ClN5OS. The van der Waals surface area contributed by atoms with Crippen molar-refractivity contribution in [2.24, 2.45) is 4.99 Å². The number of pyridine rings is 2. The van der Waals surface area contributed by atoms with Crippen LogP contribution in [0.5, 0.6) is 0 Å². The second-order valence-electron chi connectivity index (χ2n) is 5.93. The van der Waals surface area contributed by atoms with E-state index < -0.39 is 0 Å². The number of hydrogen-bond donors (Lipinski definition) is 2. The number of aromatic nitrogens is 2. The van der Waals surface area contributed by atoms with Crippen molar-refractivity contribution in [3.8, 4) is 22.4 Å². The number of carbonyl (C=O) groups is 1. The molecule has 3 rings (SSSR count). The van der Waals surface area contributed by atoms with Gasteiger partial charge in [-0.3, -0.25) is 15.0 Å². The number of nitrogens with one attached hydrogen (secondary N) is 2. The van der Waals surface area contributed by atoms with Crippen molar-refractivity contribution in [1.82, 2.24) is 20.6 Å². The van der Waals surface area contributed by atoms with Gasteiger partial charge in [0.05, 0.1) is 22.3 Å². The number of amides is 2. The van der Waals surface area contributed by atoms with E-state index in [1.165, 1.54) is 11.8 Å². The summed E-state index contributed by atoms with van der Waals surface area (Å²) < 4.78 is 0. The van der Waals surface area contributed by atoms with Crippen LogP contribution in [0.15, 0.2) is 64.9 Å². The standard InChI is InChI=1S/C21H20ClN5OS/c1-3-25-21(28)27-13-29-20-16(19-17(22)7-5-9-26-19)10-15(11-18(20)23-2)14-6-4-8-24-12-14/h4-12H,2-3,13H2,1H3,(H2,25,27,28). The molecule has 29 heavy (non-hydrogen) atoms. The van der Waals surface area contributed by atoms with Gasteiger partial charge in [-0.05, 0) is 49.5 Å². The Labute approximate surface area is 178 Å². The molecule has 0 unspecified atom stereocenters. The second kappa shape index (κ2) is 10.0. The topological polar surface area (TPSA) is 79.3 Å². The van der Waals surface area contributed by atoms with Crippen LogP contribution in [0.1, 0.15) is 6.92 Å². The number of thioether (sulfide) groups is 1. The Bertz CT molecular complexity index is 1010. The molecule has 2 N–H and O–H groups in total. The first-order valence-corrected chi connectivity index (χ1v) is 10.3. The summed E-state index contributed by atoms with van der Waals surface area (Å²) in [6, 6.07) is 11.2. The van der Waals surface area contributed by atoms with Gasteiger partial charge in [0.25, 0.3) is 0 Å². The molecule has 0 spiro atoms. The van der Waals surface area contributed by atoms with Gasteiger partial charge in [-0.1, -0.05) is 17.7 Å². The largest absolute Gasteiger partial charge is 0.338 e. The summed E-state index contributed by atoms with van der Waals surface area (Å²) in [5, 5.41) is 6.05. The van der Waals surface area contributed by atoms with Crippen LogP contribution in [0.3, 0.4) is 0 Å². The summed E-state index contributed by atoms with van der Waals surface area (Å²) in [4.78, 5) is 25.4. The van der Waals surface area contributed by atoms with Crippen LogP contribution in [-0.4, -0.2) is 35.1 Å². The van der Waals surface area contributed by atoms with Gasteiger partial charge in [0.15, 0.2) is 0 Å². The lowest BCUT2D eigenvalue weighted by Crippen LogP contribution is -2.34. The summed E-state index contributed by atoms with van der Waals surface area (Å²) in [6.45, 7) is 6.15. The van der Waals surface area contributed by atoms with Crippen molar-refractivity contribution in [3.05, 3.63) is 60.0 Å². The lowest BCUT2D eigenvalue weighted by molar-refractivity contribution is 0.243. The first kappa shape index (κ1) is 20.8. The number of urea groups is 1. The fourth-order valence-corrected chi connectivity index (χ4v) is 3.89. The third-order valence-corrected chi connectivity index (χ3v) is 5.35. The molecule has 0 saturated heterocycles. The molecule has 0 aliphatic rings. The van der Waals surface area contributed by atoms with Gasteiger partial charge >= 0.3 is 6.03 Å². The highest BCUT2D eigenvalue weighted by Crippen LogP contribution is 2.42. The number of hydrogen-bond acceptors (Lipinski definition) is 5. The van der Waals surface area contributed by atoms with Gasteiger partial charge < -0.3 is 10.6 Å². The average molecular weight is 426 g/mol. The van der Waals surface area contributed by atoms with Crippen molar-refractivity contribution in [1.29, 1.82) is 0 Å². The van der Waals surface area contributed by atoms with Crippen molar-refractivity contribution in [2.75, 3.05) is 12.4 Å². The molecule has 0 bridgehead atoms. The van der Waals surface area contributed by atoms with E-state index in [0.717, 1.165) is 21.6 Å². The van der Waals surface area contributed by atoms with E-state index in [0.29, 0.717) is 28.8 Å². The molecule has 3 aromatic rings. The van der Waals surface area contributed by atoms with E-state index in [2.05, 4.69) is 32.3 Å². The van der Waals surface area contributed by atoms with Crippen LogP contribution < -0.4 is 10.6 Å². The number of rotatable bonds is 7. The maximum absolute atomic E-state index is 11.7. The summed E-state index contributed by atoms with van der Waals surface area (Å²) in [5.41, 5.74) is 4.03. The van der Waals surface area contributed by atoms with Crippen molar-refractivity contribution in [3.63, 3.8) is 0 Å². The molecule has 1 aromatic carbocycles. The Morgan fingerprint density at radius 2 is 2.03 bits per heavy atom. The van der Waals surface area contributed by atoms with Crippen molar-refractivity contribution < 1.29 is 4.79 Å². The molecule has 6 nitrogen and oxygen atoms in total. The summed E-state index contributed by atoms with van der Waals surface area (Å²) in [5.74, 6) is 0.359. The summed E-state index contributed by atoms with van der Waals surface area (Å²) in [6.07, 6.45) is 5.21. The fraction of sp³-hybridized carbons (Fsp3) is 0.143. The van der Waals surface area contributed by atoms with Crippen molar-refractivity contribution in [2.45, 2.75) is 11.8 Å². The van der Waals surface area contributed by atoms with E-state index in [-0.39, 0.29) is 6.03 Å². The normalized spacial score (nSPS) is 10.4. The Morgan fingerprint density at radius 1 is 1.21 bits per heavy atom. The molecule has 2 amide bonds. The third kappa shape index (κ3) is 5.13. The Morgan fingerprint density at radius 3 is 2.72 bits per heavy atom. The maximum atomic E-state index is 11.7. The highest BCUT2D eigenvalue weighted by molar-refractivity contribution is 7.99. The molecule has 0 aliphatic carbocycles. The van der Waals surface area contributed by atoms with Crippen LogP contribution in [0.25, 0.3) is 22.4 Å². The van der Waals surface area contributed by atoms with Gasteiger partial charge in [0.2, 0.25) is 0 Å². The number of nitrogens with zero attached hydrogens (tertiary/aromatic N) is 3. The predicted octanol–water partition coefficient (Wildman–Crippen LogP) is 5.16. The number of carbonyl (C=O) groups excluding carboxylic acids is 1. The average Bonchev–Trinajstić information content (AvgIpc) is 2.75. The molecule has 0 fully saturated rings.